The normalized spacial score (nSPS) is 11.7. The molecule has 0 aliphatic rings. The summed E-state index contributed by atoms with van der Waals surface area (Å²) in [6, 6.07) is 13.9. The Balaban J connectivity index is 2.12. The fraction of sp³-hybridized carbons (Fsp3) is 0.333. The van der Waals surface area contributed by atoms with E-state index >= 15 is 0 Å². The van der Waals surface area contributed by atoms with Crippen LogP contribution in [0.4, 0.5) is 5.69 Å². The lowest BCUT2D eigenvalue weighted by molar-refractivity contribution is -0.122. The van der Waals surface area contributed by atoms with E-state index in [2.05, 4.69) is 10.6 Å². The number of carbonyl (C=O) groups is 2. The molecule has 2 N–H and O–H groups in total. The SMILES string of the molecule is CC[C@@H](Oc1ccccc1Cl)C(=O)Nc1ccccc1C(=O)NCC(C)C. The molecule has 0 saturated carbocycles. The summed E-state index contributed by atoms with van der Waals surface area (Å²) in [6.07, 6.45) is -0.268. The Hall–Kier alpha value is -2.53. The lowest BCUT2D eigenvalue weighted by atomic mass is 10.1. The molecule has 0 fully saturated rings. The molecule has 0 saturated heterocycles. The van der Waals surface area contributed by atoms with Crippen molar-refractivity contribution < 1.29 is 14.3 Å². The van der Waals surface area contributed by atoms with Gasteiger partial charge in [-0.25, -0.2) is 0 Å². The second-order valence-corrected chi connectivity index (χ2v) is 6.99. The first-order chi connectivity index (χ1) is 12.9. The number of carbonyl (C=O) groups excluding carboxylic acids is 2. The Kier molecular flexibility index (Phi) is 7.67. The number of amides is 2. The zero-order chi connectivity index (χ0) is 19.8. The lowest BCUT2D eigenvalue weighted by Crippen LogP contribution is -2.34. The summed E-state index contributed by atoms with van der Waals surface area (Å²) < 4.78 is 5.76. The first-order valence-electron chi connectivity index (χ1n) is 9.01. The molecular formula is C21H25ClN2O3. The maximum atomic E-state index is 12.7. The van der Waals surface area contributed by atoms with Crippen LogP contribution in [0.1, 0.15) is 37.6 Å². The van der Waals surface area contributed by atoms with Crippen molar-refractivity contribution in [1.29, 1.82) is 0 Å². The minimum atomic E-state index is -0.725. The van der Waals surface area contributed by atoms with E-state index in [1.807, 2.05) is 20.8 Å². The number of anilines is 1. The maximum absolute atomic E-state index is 12.7. The molecule has 0 unspecified atom stereocenters. The van der Waals surface area contributed by atoms with E-state index in [1.54, 1.807) is 48.5 Å². The van der Waals surface area contributed by atoms with Crippen molar-refractivity contribution in [1.82, 2.24) is 5.32 Å². The highest BCUT2D eigenvalue weighted by atomic mass is 35.5. The van der Waals surface area contributed by atoms with Crippen LogP contribution in [0.3, 0.4) is 0 Å². The van der Waals surface area contributed by atoms with E-state index < -0.39 is 6.10 Å². The largest absolute Gasteiger partial charge is 0.479 e. The number of ether oxygens (including phenoxy) is 1. The summed E-state index contributed by atoms with van der Waals surface area (Å²) in [5.41, 5.74) is 0.865. The zero-order valence-corrected chi connectivity index (χ0v) is 16.5. The summed E-state index contributed by atoms with van der Waals surface area (Å²) in [5, 5.41) is 6.11. The van der Waals surface area contributed by atoms with E-state index in [4.69, 9.17) is 16.3 Å². The van der Waals surface area contributed by atoms with Gasteiger partial charge in [-0.15, -0.1) is 0 Å². The quantitative estimate of drug-likeness (QED) is 0.698. The van der Waals surface area contributed by atoms with Crippen LogP contribution in [0.5, 0.6) is 5.75 Å². The van der Waals surface area contributed by atoms with Gasteiger partial charge in [-0.2, -0.15) is 0 Å². The van der Waals surface area contributed by atoms with Gasteiger partial charge in [-0.05, 0) is 36.6 Å². The number of halogens is 1. The molecule has 144 valence electrons. The first-order valence-corrected chi connectivity index (χ1v) is 9.39. The Morgan fingerprint density at radius 1 is 1.07 bits per heavy atom. The molecule has 2 amide bonds. The van der Waals surface area contributed by atoms with Crippen molar-refractivity contribution in [2.45, 2.75) is 33.3 Å². The van der Waals surface area contributed by atoms with Crippen molar-refractivity contribution in [3.8, 4) is 5.75 Å². The molecule has 27 heavy (non-hydrogen) atoms. The molecule has 0 aliphatic carbocycles. The highest BCUT2D eigenvalue weighted by molar-refractivity contribution is 6.32. The molecule has 2 aromatic rings. The van der Waals surface area contributed by atoms with Gasteiger partial charge in [0.05, 0.1) is 16.3 Å². The van der Waals surface area contributed by atoms with Crippen LogP contribution in [0.2, 0.25) is 5.02 Å². The van der Waals surface area contributed by atoms with Gasteiger partial charge in [0.2, 0.25) is 0 Å². The average molecular weight is 389 g/mol. The molecule has 0 bridgehead atoms. The lowest BCUT2D eigenvalue weighted by Gasteiger charge is -2.19. The molecule has 2 rings (SSSR count). The van der Waals surface area contributed by atoms with E-state index in [9.17, 15) is 9.59 Å². The second-order valence-electron chi connectivity index (χ2n) is 6.58. The maximum Gasteiger partial charge on any atom is 0.265 e. The average Bonchev–Trinajstić information content (AvgIpc) is 2.65. The second kappa shape index (κ2) is 9.97. The molecular weight excluding hydrogens is 364 g/mol. The standard InChI is InChI=1S/C21H25ClN2O3/c1-4-18(27-19-12-8-6-10-16(19)22)21(26)24-17-11-7-5-9-15(17)20(25)23-13-14(2)3/h5-12,14,18H,4,13H2,1-3H3,(H,23,25)(H,24,26)/t18-/m1/s1. The van der Waals surface area contributed by atoms with Gasteiger partial charge >= 0.3 is 0 Å². The minimum Gasteiger partial charge on any atom is -0.479 e. The Morgan fingerprint density at radius 2 is 1.74 bits per heavy atom. The van der Waals surface area contributed by atoms with E-state index in [-0.39, 0.29) is 11.8 Å². The topological polar surface area (TPSA) is 67.4 Å². The van der Waals surface area contributed by atoms with Crippen LogP contribution in [0.15, 0.2) is 48.5 Å². The molecule has 0 aromatic heterocycles. The molecule has 0 spiro atoms. The van der Waals surface area contributed by atoms with Crippen molar-refractivity contribution in [2.24, 2.45) is 5.92 Å². The van der Waals surface area contributed by atoms with Gasteiger partial charge in [0, 0.05) is 6.54 Å². The number of para-hydroxylation sites is 2. The van der Waals surface area contributed by atoms with Crippen molar-refractivity contribution in [3.05, 3.63) is 59.1 Å². The Morgan fingerprint density at radius 3 is 2.41 bits per heavy atom. The van der Waals surface area contributed by atoms with Crippen LogP contribution >= 0.6 is 11.6 Å². The fourth-order valence-electron chi connectivity index (χ4n) is 2.41. The smallest absolute Gasteiger partial charge is 0.265 e. The van der Waals surface area contributed by atoms with Crippen molar-refractivity contribution in [3.63, 3.8) is 0 Å². The van der Waals surface area contributed by atoms with Gasteiger partial charge in [-0.1, -0.05) is 56.6 Å². The summed E-state index contributed by atoms with van der Waals surface area (Å²) in [4.78, 5) is 25.1. The Labute approximate surface area is 165 Å². The predicted molar refractivity (Wildman–Crippen MR) is 108 cm³/mol. The van der Waals surface area contributed by atoms with Crippen LogP contribution in [-0.2, 0) is 4.79 Å². The molecule has 1 atom stereocenters. The van der Waals surface area contributed by atoms with Crippen molar-refractivity contribution >= 4 is 29.1 Å². The highest BCUT2D eigenvalue weighted by Gasteiger charge is 2.21. The summed E-state index contributed by atoms with van der Waals surface area (Å²) in [6.45, 7) is 6.45. The number of hydrogen-bond donors (Lipinski definition) is 2. The molecule has 5 nitrogen and oxygen atoms in total. The van der Waals surface area contributed by atoms with Gasteiger partial charge < -0.3 is 15.4 Å². The first kappa shape index (κ1) is 20.8. The highest BCUT2D eigenvalue weighted by Crippen LogP contribution is 2.25. The van der Waals surface area contributed by atoms with E-state index in [1.165, 1.54) is 0 Å². The predicted octanol–water partition coefficient (Wildman–Crippen LogP) is 4.52. The fourth-order valence-corrected chi connectivity index (χ4v) is 2.59. The molecule has 0 aliphatic heterocycles. The molecule has 0 heterocycles. The third kappa shape index (κ3) is 6.00. The van der Waals surface area contributed by atoms with Crippen LogP contribution in [0, 0.1) is 5.92 Å². The van der Waals surface area contributed by atoms with Crippen LogP contribution in [-0.4, -0.2) is 24.5 Å². The van der Waals surface area contributed by atoms with Gasteiger partial charge in [0.15, 0.2) is 6.10 Å². The third-order valence-electron chi connectivity index (χ3n) is 3.87. The summed E-state index contributed by atoms with van der Waals surface area (Å²) in [5.74, 6) is 0.231. The van der Waals surface area contributed by atoms with Crippen LogP contribution in [0.25, 0.3) is 0 Å². The van der Waals surface area contributed by atoms with E-state index in [0.717, 1.165) is 0 Å². The Bertz CT molecular complexity index is 793. The monoisotopic (exact) mass is 388 g/mol. The van der Waals surface area contributed by atoms with Crippen LogP contribution < -0.4 is 15.4 Å². The van der Waals surface area contributed by atoms with E-state index in [0.29, 0.717) is 40.9 Å². The van der Waals surface area contributed by atoms with Crippen molar-refractivity contribution in [2.75, 3.05) is 11.9 Å². The molecule has 6 heteroatoms. The molecule has 2 aromatic carbocycles. The number of nitrogens with one attached hydrogen (secondary N) is 2. The summed E-state index contributed by atoms with van der Waals surface area (Å²) in [7, 11) is 0. The third-order valence-corrected chi connectivity index (χ3v) is 4.18. The minimum absolute atomic E-state index is 0.223. The zero-order valence-electron chi connectivity index (χ0n) is 15.8. The van der Waals surface area contributed by atoms with Gasteiger partial charge in [0.25, 0.3) is 11.8 Å². The molecule has 0 radical (unpaired) electrons. The number of rotatable bonds is 8. The summed E-state index contributed by atoms with van der Waals surface area (Å²) >= 11 is 6.11. The number of benzene rings is 2. The van der Waals surface area contributed by atoms with Gasteiger partial charge in [-0.3, -0.25) is 9.59 Å². The number of hydrogen-bond acceptors (Lipinski definition) is 3. The van der Waals surface area contributed by atoms with Gasteiger partial charge in [0.1, 0.15) is 5.75 Å².